The second-order valence-corrected chi connectivity index (χ2v) is 8.28. The molecule has 0 atom stereocenters. The monoisotopic (exact) mass is 427 g/mol. The van der Waals surface area contributed by atoms with Gasteiger partial charge in [-0.15, -0.1) is 4.91 Å². The van der Waals surface area contributed by atoms with E-state index in [2.05, 4.69) is 32.7 Å². The van der Waals surface area contributed by atoms with Gasteiger partial charge in [0.1, 0.15) is 11.4 Å². The molecule has 0 bridgehead atoms. The molecule has 1 saturated heterocycles. The van der Waals surface area contributed by atoms with E-state index in [0.717, 1.165) is 48.3 Å². The number of carbonyl (C=O) groups is 1. The van der Waals surface area contributed by atoms with Crippen molar-refractivity contribution in [3.05, 3.63) is 52.4 Å². The fraction of sp³-hybridized carbons (Fsp3) is 0.261. The fourth-order valence-electron chi connectivity index (χ4n) is 4.70. The Morgan fingerprint density at radius 2 is 1.88 bits per heavy atom. The van der Waals surface area contributed by atoms with Gasteiger partial charge in [-0.3, -0.25) is 9.48 Å². The maximum atomic E-state index is 12.0. The maximum absolute atomic E-state index is 12.0. The van der Waals surface area contributed by atoms with Gasteiger partial charge >= 0.3 is 0 Å². The molecule has 32 heavy (non-hydrogen) atoms. The minimum atomic E-state index is 0.139. The predicted molar refractivity (Wildman–Crippen MR) is 121 cm³/mol. The Labute approximate surface area is 183 Å². The summed E-state index contributed by atoms with van der Waals surface area (Å²) in [7, 11) is 1.78. The van der Waals surface area contributed by atoms with E-state index in [9.17, 15) is 9.70 Å². The number of anilines is 1. The second-order valence-electron chi connectivity index (χ2n) is 8.28. The number of amides is 1. The van der Waals surface area contributed by atoms with Crippen LogP contribution >= 0.6 is 0 Å². The summed E-state index contributed by atoms with van der Waals surface area (Å²) in [4.78, 5) is 33.8. The van der Waals surface area contributed by atoms with Crippen LogP contribution in [0.4, 0.5) is 11.4 Å². The zero-order valence-corrected chi connectivity index (χ0v) is 17.6. The van der Waals surface area contributed by atoms with Crippen LogP contribution in [0.15, 0.2) is 41.6 Å². The maximum Gasteiger partial charge on any atom is 0.227 e. The highest BCUT2D eigenvalue weighted by molar-refractivity contribution is 5.95. The van der Waals surface area contributed by atoms with Crippen molar-refractivity contribution in [3.8, 4) is 22.8 Å². The fourth-order valence-corrected chi connectivity index (χ4v) is 4.70. The third-order valence-corrected chi connectivity index (χ3v) is 6.30. The summed E-state index contributed by atoms with van der Waals surface area (Å²) in [6.07, 6.45) is 1.46. The molecule has 0 radical (unpaired) electrons. The van der Waals surface area contributed by atoms with Crippen LogP contribution in [0.25, 0.3) is 33.8 Å². The molecule has 2 aliphatic heterocycles. The number of aromatic nitrogens is 4. The molecule has 2 N–H and O–H groups in total. The number of nitroso groups, excluding NO2 is 1. The molecular weight excluding hydrogens is 406 g/mol. The Kier molecular flexibility index (Phi) is 4.19. The number of H-pyrrole nitrogens is 1. The van der Waals surface area contributed by atoms with Crippen LogP contribution < -0.4 is 10.2 Å². The van der Waals surface area contributed by atoms with Crippen LogP contribution in [0.3, 0.4) is 0 Å². The van der Waals surface area contributed by atoms with E-state index < -0.39 is 0 Å². The number of imidazole rings is 1. The lowest BCUT2D eigenvalue weighted by atomic mass is 10.1. The normalized spacial score (nSPS) is 15.7. The Morgan fingerprint density at radius 1 is 1.09 bits per heavy atom. The van der Waals surface area contributed by atoms with Gasteiger partial charge in [0.15, 0.2) is 11.5 Å². The molecule has 6 rings (SSSR count). The SMILES string of the molecule is Cn1nc(-c2ccc(N3CCCC3=O)cc2)c(N=O)c1-c1nc2cc3c(cc2[nH]1)CNC3. The lowest BCUT2D eigenvalue weighted by Crippen LogP contribution is -2.23. The first kappa shape index (κ1) is 18.9. The molecule has 0 spiro atoms. The van der Waals surface area contributed by atoms with Crippen molar-refractivity contribution >= 4 is 28.3 Å². The Bertz CT molecular complexity index is 1340. The predicted octanol–water partition coefficient (Wildman–Crippen LogP) is 3.76. The lowest BCUT2D eigenvalue weighted by molar-refractivity contribution is -0.117. The summed E-state index contributed by atoms with van der Waals surface area (Å²) in [5.41, 5.74) is 7.16. The van der Waals surface area contributed by atoms with Crippen LogP contribution in [-0.2, 0) is 24.9 Å². The van der Waals surface area contributed by atoms with Crippen molar-refractivity contribution in [3.63, 3.8) is 0 Å². The van der Waals surface area contributed by atoms with E-state index in [-0.39, 0.29) is 11.6 Å². The number of nitrogens with one attached hydrogen (secondary N) is 2. The van der Waals surface area contributed by atoms with E-state index in [1.54, 1.807) is 16.6 Å². The summed E-state index contributed by atoms with van der Waals surface area (Å²) in [5.74, 6) is 0.700. The van der Waals surface area contributed by atoms with Gasteiger partial charge < -0.3 is 15.2 Å². The molecule has 4 heterocycles. The van der Waals surface area contributed by atoms with Crippen LogP contribution in [0.2, 0.25) is 0 Å². The summed E-state index contributed by atoms with van der Waals surface area (Å²) in [6.45, 7) is 2.41. The molecule has 2 aromatic carbocycles. The number of hydrogen-bond donors (Lipinski definition) is 2. The van der Waals surface area contributed by atoms with Gasteiger partial charge in [0.05, 0.1) is 11.0 Å². The van der Waals surface area contributed by atoms with Crippen molar-refractivity contribution in [1.82, 2.24) is 25.1 Å². The highest BCUT2D eigenvalue weighted by atomic mass is 16.3. The molecule has 2 aliphatic rings. The molecule has 0 unspecified atom stereocenters. The molecule has 160 valence electrons. The summed E-state index contributed by atoms with van der Waals surface area (Å²) < 4.78 is 1.64. The second kappa shape index (κ2) is 7.10. The van der Waals surface area contributed by atoms with Gasteiger partial charge in [0.25, 0.3) is 0 Å². The molecule has 0 aliphatic carbocycles. The average Bonchev–Trinajstić information content (AvgIpc) is 3.57. The van der Waals surface area contributed by atoms with Crippen LogP contribution in [0.1, 0.15) is 24.0 Å². The molecular formula is C23H21N7O2. The Morgan fingerprint density at radius 3 is 2.59 bits per heavy atom. The number of benzene rings is 2. The van der Waals surface area contributed by atoms with Gasteiger partial charge in [0, 0.05) is 44.4 Å². The standard InChI is InChI=1S/C23H21N7O2/c1-29-22(23-25-17-9-14-11-24-12-15(14)10-18(17)26-23)21(28-32)20(27-29)13-4-6-16(7-5-13)30-8-2-3-19(30)31/h4-7,9-10,24H,2-3,8,11-12H2,1H3,(H,25,26). The zero-order valence-electron chi connectivity index (χ0n) is 17.6. The lowest BCUT2D eigenvalue weighted by Gasteiger charge is -2.15. The quantitative estimate of drug-likeness (QED) is 0.482. The Balaban J connectivity index is 1.41. The first-order chi connectivity index (χ1) is 15.6. The summed E-state index contributed by atoms with van der Waals surface area (Å²) in [5, 5.41) is 11.2. The highest BCUT2D eigenvalue weighted by Gasteiger charge is 2.25. The number of nitrogens with zero attached hydrogens (tertiary/aromatic N) is 5. The average molecular weight is 427 g/mol. The number of fused-ring (bicyclic) bond motifs is 2. The number of carbonyl (C=O) groups excluding carboxylic acids is 1. The van der Waals surface area contributed by atoms with Gasteiger partial charge in [-0.25, -0.2) is 4.98 Å². The van der Waals surface area contributed by atoms with Crippen molar-refractivity contribution in [2.75, 3.05) is 11.4 Å². The molecule has 2 aromatic heterocycles. The van der Waals surface area contributed by atoms with E-state index in [4.69, 9.17) is 4.98 Å². The topological polar surface area (TPSA) is 108 Å². The molecule has 4 aromatic rings. The van der Waals surface area contributed by atoms with E-state index in [0.29, 0.717) is 23.6 Å². The van der Waals surface area contributed by atoms with Gasteiger partial charge in [0.2, 0.25) is 5.91 Å². The van der Waals surface area contributed by atoms with Gasteiger partial charge in [-0.05, 0) is 47.0 Å². The van der Waals surface area contributed by atoms with E-state index >= 15 is 0 Å². The van der Waals surface area contributed by atoms with Crippen LogP contribution in [-0.4, -0.2) is 32.2 Å². The van der Waals surface area contributed by atoms with Crippen molar-refractivity contribution in [2.45, 2.75) is 25.9 Å². The van der Waals surface area contributed by atoms with Crippen LogP contribution in [0.5, 0.6) is 0 Å². The van der Waals surface area contributed by atoms with Gasteiger partial charge in [-0.1, -0.05) is 12.1 Å². The zero-order chi connectivity index (χ0) is 21.8. The first-order valence-electron chi connectivity index (χ1n) is 10.7. The third kappa shape index (κ3) is 2.85. The van der Waals surface area contributed by atoms with Crippen LogP contribution in [0, 0.1) is 4.91 Å². The highest BCUT2D eigenvalue weighted by Crippen LogP contribution is 2.39. The summed E-state index contributed by atoms with van der Waals surface area (Å²) in [6, 6.07) is 11.7. The summed E-state index contributed by atoms with van der Waals surface area (Å²) >= 11 is 0. The van der Waals surface area contributed by atoms with Crippen molar-refractivity contribution in [1.29, 1.82) is 0 Å². The molecule has 9 nitrogen and oxygen atoms in total. The number of aryl methyl sites for hydroxylation is 1. The smallest absolute Gasteiger partial charge is 0.227 e. The van der Waals surface area contributed by atoms with Crippen molar-refractivity contribution < 1.29 is 4.79 Å². The van der Waals surface area contributed by atoms with E-state index in [1.807, 2.05) is 24.3 Å². The molecule has 1 amide bonds. The molecule has 0 saturated carbocycles. The minimum absolute atomic E-state index is 0.139. The Hall–Kier alpha value is -3.85. The van der Waals surface area contributed by atoms with Gasteiger partial charge in [-0.2, -0.15) is 5.10 Å². The number of hydrogen-bond acceptors (Lipinski definition) is 6. The molecule has 1 fully saturated rings. The van der Waals surface area contributed by atoms with E-state index in [1.165, 1.54) is 11.1 Å². The number of aromatic amines is 1. The first-order valence-corrected chi connectivity index (χ1v) is 10.7. The number of rotatable bonds is 4. The minimum Gasteiger partial charge on any atom is -0.337 e. The molecule has 9 heteroatoms. The van der Waals surface area contributed by atoms with Crippen molar-refractivity contribution in [2.24, 2.45) is 12.2 Å². The largest absolute Gasteiger partial charge is 0.337 e. The third-order valence-electron chi connectivity index (χ3n) is 6.30.